The van der Waals surface area contributed by atoms with E-state index in [0.29, 0.717) is 36.7 Å². The monoisotopic (exact) mass is 446 g/mol. The van der Waals surface area contributed by atoms with Crippen molar-refractivity contribution in [2.24, 2.45) is 0 Å². The highest BCUT2D eigenvalue weighted by Crippen LogP contribution is 2.27. The maximum atomic E-state index is 12.8. The molecule has 0 aliphatic carbocycles. The van der Waals surface area contributed by atoms with Gasteiger partial charge in [0, 0.05) is 25.3 Å². The van der Waals surface area contributed by atoms with Gasteiger partial charge in [0.15, 0.2) is 0 Å². The second-order valence-electron chi connectivity index (χ2n) is 7.51. The lowest BCUT2D eigenvalue weighted by atomic mass is 10.1. The van der Waals surface area contributed by atoms with Gasteiger partial charge >= 0.3 is 0 Å². The van der Waals surface area contributed by atoms with E-state index in [1.165, 1.54) is 28.6 Å². The van der Waals surface area contributed by atoms with E-state index in [4.69, 9.17) is 9.47 Å². The lowest BCUT2D eigenvalue weighted by molar-refractivity contribution is 0.0681. The highest BCUT2D eigenvalue weighted by molar-refractivity contribution is 7.89. The number of nitrogens with one attached hydrogen (secondary N) is 1. The van der Waals surface area contributed by atoms with Crippen molar-refractivity contribution in [2.45, 2.75) is 44.6 Å². The van der Waals surface area contributed by atoms with E-state index in [-0.39, 0.29) is 16.9 Å². The third-order valence-corrected chi connectivity index (χ3v) is 7.36. The summed E-state index contributed by atoms with van der Waals surface area (Å²) in [5, 5.41) is 2.87. The average Bonchev–Trinajstić information content (AvgIpc) is 3.28. The molecule has 1 heterocycles. The molecule has 1 N–H and O–H groups in total. The molecule has 0 radical (unpaired) electrons. The number of anilines is 1. The van der Waals surface area contributed by atoms with Crippen LogP contribution in [0.2, 0.25) is 0 Å². The molecule has 1 atom stereocenters. The summed E-state index contributed by atoms with van der Waals surface area (Å²) in [6.07, 6.45) is 2.08. The topological polar surface area (TPSA) is 84.9 Å². The predicted molar refractivity (Wildman–Crippen MR) is 120 cm³/mol. The molecule has 0 spiro atoms. The van der Waals surface area contributed by atoms with Crippen LogP contribution in [-0.2, 0) is 14.8 Å². The summed E-state index contributed by atoms with van der Waals surface area (Å²) in [6.45, 7) is 7.52. The van der Waals surface area contributed by atoms with Crippen LogP contribution in [0.5, 0.6) is 5.75 Å². The number of amides is 1. The maximum absolute atomic E-state index is 12.8. The van der Waals surface area contributed by atoms with Gasteiger partial charge in [-0.3, -0.25) is 4.79 Å². The number of hydrogen-bond acceptors (Lipinski definition) is 5. The van der Waals surface area contributed by atoms with Gasteiger partial charge in [-0.2, -0.15) is 4.31 Å². The molecule has 168 valence electrons. The van der Waals surface area contributed by atoms with Crippen LogP contribution >= 0.6 is 0 Å². The third kappa shape index (κ3) is 5.64. The Morgan fingerprint density at radius 1 is 1.16 bits per heavy atom. The van der Waals surface area contributed by atoms with E-state index in [1.54, 1.807) is 19.9 Å². The van der Waals surface area contributed by atoms with Crippen LogP contribution in [0.3, 0.4) is 0 Å². The first-order chi connectivity index (χ1) is 14.8. The van der Waals surface area contributed by atoms with Crippen LogP contribution in [0.1, 0.15) is 42.6 Å². The number of hydrogen-bond donors (Lipinski definition) is 1. The number of carbonyl (C=O) groups is 1. The fourth-order valence-electron chi connectivity index (χ4n) is 3.50. The quantitative estimate of drug-likeness (QED) is 0.633. The Balaban J connectivity index is 1.72. The summed E-state index contributed by atoms with van der Waals surface area (Å²) in [6, 6.07) is 11.6. The zero-order valence-electron chi connectivity index (χ0n) is 18.3. The van der Waals surface area contributed by atoms with E-state index in [0.717, 1.165) is 25.0 Å². The molecule has 8 heteroatoms. The van der Waals surface area contributed by atoms with Crippen molar-refractivity contribution in [1.29, 1.82) is 0 Å². The second kappa shape index (κ2) is 10.3. The molecule has 1 amide bonds. The fourth-order valence-corrected chi connectivity index (χ4v) is 4.95. The summed E-state index contributed by atoms with van der Waals surface area (Å²) in [5.74, 6) is 0.252. The summed E-state index contributed by atoms with van der Waals surface area (Å²) in [4.78, 5) is 12.9. The third-order valence-electron chi connectivity index (χ3n) is 5.29. The van der Waals surface area contributed by atoms with Crippen LogP contribution in [0.15, 0.2) is 47.4 Å². The number of ether oxygens (including phenoxy) is 2. The van der Waals surface area contributed by atoms with E-state index in [9.17, 15) is 13.2 Å². The minimum Gasteiger partial charge on any atom is -0.489 e. The number of sulfonamides is 1. The first-order valence-corrected chi connectivity index (χ1v) is 12.1. The van der Waals surface area contributed by atoms with E-state index < -0.39 is 10.0 Å². The predicted octanol–water partition coefficient (Wildman–Crippen LogP) is 3.84. The van der Waals surface area contributed by atoms with E-state index >= 15 is 0 Å². The summed E-state index contributed by atoms with van der Waals surface area (Å²) in [5.41, 5.74) is 1.95. The van der Waals surface area contributed by atoms with Crippen molar-refractivity contribution in [1.82, 2.24) is 4.31 Å². The van der Waals surface area contributed by atoms with Crippen LogP contribution in [-0.4, -0.2) is 51.0 Å². The summed E-state index contributed by atoms with van der Waals surface area (Å²) >= 11 is 0. The highest BCUT2D eigenvalue weighted by atomic mass is 32.2. The molecule has 3 rings (SSSR count). The van der Waals surface area contributed by atoms with Gasteiger partial charge in [-0.1, -0.05) is 19.9 Å². The number of rotatable bonds is 9. The smallest absolute Gasteiger partial charge is 0.255 e. The lowest BCUT2D eigenvalue weighted by Gasteiger charge is -2.18. The van der Waals surface area contributed by atoms with Crippen LogP contribution < -0.4 is 10.1 Å². The average molecular weight is 447 g/mol. The van der Waals surface area contributed by atoms with Gasteiger partial charge in [0.1, 0.15) is 12.4 Å². The molecule has 1 aliphatic heterocycles. The SMILES string of the molecule is CCN(CC)S(=O)(=O)c1ccc(C(=O)Nc2ccc(C)cc2OCC2CCCO2)cc1. The molecule has 31 heavy (non-hydrogen) atoms. The zero-order chi connectivity index (χ0) is 22.4. The lowest BCUT2D eigenvalue weighted by Crippen LogP contribution is -2.30. The Kier molecular flexibility index (Phi) is 7.69. The largest absolute Gasteiger partial charge is 0.489 e. The molecular weight excluding hydrogens is 416 g/mol. The van der Waals surface area contributed by atoms with E-state index in [2.05, 4.69) is 5.32 Å². The van der Waals surface area contributed by atoms with Gasteiger partial charge in [0.25, 0.3) is 5.91 Å². The normalized spacial score (nSPS) is 16.5. The Hall–Kier alpha value is -2.42. The number of carbonyl (C=O) groups excluding carboxylic acids is 1. The molecule has 1 fully saturated rings. The molecule has 1 aliphatic rings. The molecule has 2 aromatic carbocycles. The van der Waals surface area contributed by atoms with Crippen molar-refractivity contribution in [3.63, 3.8) is 0 Å². The number of benzene rings is 2. The molecule has 0 aromatic heterocycles. The van der Waals surface area contributed by atoms with Gasteiger partial charge in [-0.05, 0) is 61.7 Å². The van der Waals surface area contributed by atoms with Crippen molar-refractivity contribution in [2.75, 3.05) is 31.6 Å². The van der Waals surface area contributed by atoms with Crippen molar-refractivity contribution < 1.29 is 22.7 Å². The molecule has 0 bridgehead atoms. The molecular formula is C23H30N2O5S. The van der Waals surface area contributed by atoms with Gasteiger partial charge < -0.3 is 14.8 Å². The first-order valence-electron chi connectivity index (χ1n) is 10.6. The number of nitrogens with zero attached hydrogens (tertiary/aromatic N) is 1. The molecule has 1 saturated heterocycles. The molecule has 1 unspecified atom stereocenters. The maximum Gasteiger partial charge on any atom is 0.255 e. The van der Waals surface area contributed by atoms with Gasteiger partial charge in [-0.15, -0.1) is 0 Å². The first kappa shape index (κ1) is 23.2. The summed E-state index contributed by atoms with van der Waals surface area (Å²) in [7, 11) is -3.56. The van der Waals surface area contributed by atoms with Crippen molar-refractivity contribution >= 4 is 21.6 Å². The Labute approximate surface area is 184 Å². The number of aryl methyl sites for hydroxylation is 1. The molecule has 0 saturated carbocycles. The fraction of sp³-hybridized carbons (Fsp3) is 0.435. The van der Waals surface area contributed by atoms with Crippen molar-refractivity contribution in [3.05, 3.63) is 53.6 Å². The zero-order valence-corrected chi connectivity index (χ0v) is 19.1. The molecule has 7 nitrogen and oxygen atoms in total. The minimum absolute atomic E-state index is 0.0735. The Morgan fingerprint density at radius 3 is 2.48 bits per heavy atom. The molecule has 2 aromatic rings. The van der Waals surface area contributed by atoms with E-state index in [1.807, 2.05) is 19.1 Å². The highest BCUT2D eigenvalue weighted by Gasteiger charge is 2.22. The van der Waals surface area contributed by atoms with Crippen LogP contribution in [0.4, 0.5) is 5.69 Å². The van der Waals surface area contributed by atoms with Crippen LogP contribution in [0.25, 0.3) is 0 Å². The second-order valence-corrected chi connectivity index (χ2v) is 9.45. The van der Waals surface area contributed by atoms with Gasteiger partial charge in [0.2, 0.25) is 10.0 Å². The van der Waals surface area contributed by atoms with Crippen LogP contribution in [0, 0.1) is 6.92 Å². The minimum atomic E-state index is -3.56. The van der Waals surface area contributed by atoms with Gasteiger partial charge in [0.05, 0.1) is 16.7 Å². The Bertz CT molecular complexity index is 995. The van der Waals surface area contributed by atoms with Gasteiger partial charge in [-0.25, -0.2) is 8.42 Å². The summed E-state index contributed by atoms with van der Waals surface area (Å²) < 4.78 is 38.2. The van der Waals surface area contributed by atoms with Crippen molar-refractivity contribution in [3.8, 4) is 5.75 Å². The Morgan fingerprint density at radius 2 is 1.87 bits per heavy atom. The standard InChI is InChI=1S/C23H30N2O5S/c1-4-25(5-2)31(27,28)20-11-9-18(10-12-20)23(26)24-21-13-8-17(3)15-22(21)30-16-19-7-6-14-29-19/h8-13,15,19H,4-7,14,16H2,1-3H3,(H,24,26).